The number of rotatable bonds is 9. The maximum absolute atomic E-state index is 6.33. The van der Waals surface area contributed by atoms with Gasteiger partial charge >= 0.3 is 0 Å². The van der Waals surface area contributed by atoms with E-state index in [1.54, 1.807) is 0 Å². The normalized spacial score (nSPS) is 27.8. The SMILES string of the molecule is CCOCC(C1OCC(C(C)C)[C@@H]1C(C)C)C(C)(C)OCC. The highest BCUT2D eigenvalue weighted by Crippen LogP contribution is 2.43. The molecule has 0 radical (unpaired) electrons. The maximum Gasteiger partial charge on any atom is 0.0701 e. The molecule has 3 nitrogen and oxygen atoms in total. The second kappa shape index (κ2) is 8.65. The van der Waals surface area contributed by atoms with Gasteiger partial charge in [0.05, 0.1) is 24.9 Å². The van der Waals surface area contributed by atoms with Gasteiger partial charge in [0.15, 0.2) is 0 Å². The Hall–Kier alpha value is -0.120. The molecule has 3 unspecified atom stereocenters. The Morgan fingerprint density at radius 3 is 2.14 bits per heavy atom. The van der Waals surface area contributed by atoms with E-state index in [1.807, 2.05) is 0 Å². The van der Waals surface area contributed by atoms with Gasteiger partial charge in [-0.15, -0.1) is 0 Å². The quantitative estimate of drug-likeness (QED) is 0.631. The molecular formula is C19H38O3. The lowest BCUT2D eigenvalue weighted by molar-refractivity contribution is -0.130. The Kier molecular flexibility index (Phi) is 7.84. The second-order valence-corrected chi connectivity index (χ2v) is 7.83. The minimum atomic E-state index is -0.229. The van der Waals surface area contributed by atoms with Crippen LogP contribution in [0.5, 0.6) is 0 Å². The van der Waals surface area contributed by atoms with Crippen molar-refractivity contribution in [2.45, 2.75) is 67.1 Å². The van der Waals surface area contributed by atoms with E-state index in [1.165, 1.54) is 0 Å². The zero-order valence-electron chi connectivity index (χ0n) is 16.0. The summed E-state index contributed by atoms with van der Waals surface area (Å²) in [4.78, 5) is 0. The minimum absolute atomic E-state index is 0.223. The first kappa shape index (κ1) is 19.9. The lowest BCUT2D eigenvalue weighted by Crippen LogP contribution is -2.48. The molecule has 0 aromatic heterocycles. The topological polar surface area (TPSA) is 27.7 Å². The molecule has 3 heteroatoms. The van der Waals surface area contributed by atoms with Gasteiger partial charge in [-0.05, 0) is 51.4 Å². The molecule has 132 valence electrons. The number of ether oxygens (including phenoxy) is 3. The zero-order valence-corrected chi connectivity index (χ0v) is 16.0. The highest BCUT2D eigenvalue weighted by Gasteiger charge is 2.48. The monoisotopic (exact) mass is 314 g/mol. The van der Waals surface area contributed by atoms with Crippen molar-refractivity contribution in [3.8, 4) is 0 Å². The average molecular weight is 315 g/mol. The predicted octanol–water partition coefficient (Wildman–Crippen LogP) is 4.40. The molecule has 0 bridgehead atoms. The number of hydrogen-bond donors (Lipinski definition) is 0. The van der Waals surface area contributed by atoms with E-state index in [4.69, 9.17) is 14.2 Å². The molecule has 0 saturated carbocycles. The summed E-state index contributed by atoms with van der Waals surface area (Å²) in [5.41, 5.74) is -0.229. The van der Waals surface area contributed by atoms with Gasteiger partial charge in [0.2, 0.25) is 0 Å². The fourth-order valence-corrected chi connectivity index (χ4v) is 4.00. The van der Waals surface area contributed by atoms with Gasteiger partial charge in [0.1, 0.15) is 0 Å². The van der Waals surface area contributed by atoms with Gasteiger partial charge < -0.3 is 14.2 Å². The van der Waals surface area contributed by atoms with Crippen LogP contribution in [-0.4, -0.2) is 38.1 Å². The molecule has 1 fully saturated rings. The fourth-order valence-electron chi connectivity index (χ4n) is 4.00. The van der Waals surface area contributed by atoms with Crippen LogP contribution in [0, 0.1) is 29.6 Å². The van der Waals surface area contributed by atoms with Crippen molar-refractivity contribution < 1.29 is 14.2 Å². The first-order chi connectivity index (χ1) is 10.3. The molecule has 0 spiro atoms. The molecule has 0 aromatic rings. The first-order valence-corrected chi connectivity index (χ1v) is 9.09. The Morgan fingerprint density at radius 2 is 1.68 bits per heavy atom. The highest BCUT2D eigenvalue weighted by atomic mass is 16.5. The van der Waals surface area contributed by atoms with Gasteiger partial charge in [-0.1, -0.05) is 27.7 Å². The van der Waals surface area contributed by atoms with Crippen LogP contribution in [0.25, 0.3) is 0 Å². The van der Waals surface area contributed by atoms with Gasteiger partial charge in [-0.25, -0.2) is 0 Å². The first-order valence-electron chi connectivity index (χ1n) is 9.09. The molecule has 0 aliphatic carbocycles. The predicted molar refractivity (Wildman–Crippen MR) is 92.1 cm³/mol. The van der Waals surface area contributed by atoms with E-state index >= 15 is 0 Å². The van der Waals surface area contributed by atoms with Gasteiger partial charge in [-0.2, -0.15) is 0 Å². The molecule has 22 heavy (non-hydrogen) atoms. The van der Waals surface area contributed by atoms with Crippen molar-refractivity contribution in [2.75, 3.05) is 26.4 Å². The third-order valence-corrected chi connectivity index (χ3v) is 5.29. The van der Waals surface area contributed by atoms with Crippen LogP contribution < -0.4 is 0 Å². The molecular weight excluding hydrogens is 276 g/mol. The standard InChI is InChI=1S/C19H38O3/c1-9-20-12-16(19(7,8)22-10-2)18-17(14(5)6)15(11-21-18)13(3)4/h13-18H,9-12H2,1-8H3/t15?,16?,17-,18?/m0/s1. The van der Waals surface area contributed by atoms with E-state index in [0.717, 1.165) is 19.8 Å². The lowest BCUT2D eigenvalue weighted by Gasteiger charge is -2.41. The molecule has 1 heterocycles. The zero-order chi connectivity index (χ0) is 16.9. The molecule has 1 saturated heterocycles. The molecule has 0 aromatic carbocycles. The second-order valence-electron chi connectivity index (χ2n) is 7.83. The third kappa shape index (κ3) is 4.69. The Labute approximate surface area is 138 Å². The molecule has 0 amide bonds. The molecule has 1 aliphatic rings. The summed E-state index contributed by atoms with van der Waals surface area (Å²) in [7, 11) is 0. The molecule has 0 N–H and O–H groups in total. The van der Waals surface area contributed by atoms with Gasteiger partial charge in [0.25, 0.3) is 0 Å². The van der Waals surface area contributed by atoms with E-state index in [2.05, 4.69) is 55.4 Å². The fraction of sp³-hybridized carbons (Fsp3) is 1.00. The summed E-state index contributed by atoms with van der Waals surface area (Å²) in [6.07, 6.45) is 0.223. The van der Waals surface area contributed by atoms with Crippen LogP contribution in [0.4, 0.5) is 0 Å². The summed E-state index contributed by atoms with van der Waals surface area (Å²) >= 11 is 0. The van der Waals surface area contributed by atoms with E-state index in [9.17, 15) is 0 Å². The van der Waals surface area contributed by atoms with Gasteiger partial charge in [-0.3, -0.25) is 0 Å². The van der Waals surface area contributed by atoms with Crippen LogP contribution in [0.2, 0.25) is 0 Å². The lowest BCUT2D eigenvalue weighted by atomic mass is 9.70. The largest absolute Gasteiger partial charge is 0.381 e. The van der Waals surface area contributed by atoms with E-state index in [-0.39, 0.29) is 17.6 Å². The summed E-state index contributed by atoms with van der Waals surface area (Å²) < 4.78 is 18.2. The van der Waals surface area contributed by atoms with Crippen LogP contribution in [0.1, 0.15) is 55.4 Å². The third-order valence-electron chi connectivity index (χ3n) is 5.29. The van der Waals surface area contributed by atoms with Gasteiger partial charge in [0, 0.05) is 19.1 Å². The van der Waals surface area contributed by atoms with Crippen LogP contribution in [0.3, 0.4) is 0 Å². The average Bonchev–Trinajstić information content (AvgIpc) is 2.83. The van der Waals surface area contributed by atoms with Crippen molar-refractivity contribution in [3.05, 3.63) is 0 Å². The molecule has 1 rings (SSSR count). The smallest absolute Gasteiger partial charge is 0.0701 e. The Morgan fingerprint density at radius 1 is 1.05 bits per heavy atom. The molecule has 1 aliphatic heterocycles. The van der Waals surface area contributed by atoms with Crippen LogP contribution in [-0.2, 0) is 14.2 Å². The summed E-state index contributed by atoms with van der Waals surface area (Å²) in [6.45, 7) is 20.8. The van der Waals surface area contributed by atoms with Crippen LogP contribution in [0.15, 0.2) is 0 Å². The number of hydrogen-bond acceptors (Lipinski definition) is 3. The Bertz CT molecular complexity index is 312. The van der Waals surface area contributed by atoms with Crippen molar-refractivity contribution in [1.82, 2.24) is 0 Å². The van der Waals surface area contributed by atoms with Crippen molar-refractivity contribution in [2.24, 2.45) is 29.6 Å². The molecule has 4 atom stereocenters. The van der Waals surface area contributed by atoms with Crippen molar-refractivity contribution >= 4 is 0 Å². The summed E-state index contributed by atoms with van der Waals surface area (Å²) in [6, 6.07) is 0. The Balaban J connectivity index is 3.01. The summed E-state index contributed by atoms with van der Waals surface area (Å²) in [5.74, 6) is 2.74. The maximum atomic E-state index is 6.33. The van der Waals surface area contributed by atoms with Crippen molar-refractivity contribution in [3.63, 3.8) is 0 Å². The summed E-state index contributed by atoms with van der Waals surface area (Å²) in [5, 5.41) is 0. The highest BCUT2D eigenvalue weighted by molar-refractivity contribution is 4.96. The van der Waals surface area contributed by atoms with Crippen LogP contribution >= 0.6 is 0 Å². The van der Waals surface area contributed by atoms with Crippen molar-refractivity contribution in [1.29, 1.82) is 0 Å². The van der Waals surface area contributed by atoms with E-state index < -0.39 is 0 Å². The minimum Gasteiger partial charge on any atom is -0.381 e. The van der Waals surface area contributed by atoms with E-state index in [0.29, 0.717) is 30.3 Å².